The lowest BCUT2D eigenvalue weighted by Crippen LogP contribution is -2.40. The molecule has 0 spiro atoms. The highest BCUT2D eigenvalue weighted by atomic mass is 16.2. The van der Waals surface area contributed by atoms with Gasteiger partial charge in [0, 0.05) is 25.2 Å². The average Bonchev–Trinajstić information content (AvgIpc) is 2.96. The Morgan fingerprint density at radius 3 is 2.55 bits per heavy atom. The van der Waals surface area contributed by atoms with Gasteiger partial charge in [0.2, 0.25) is 5.91 Å². The Morgan fingerprint density at radius 1 is 1.35 bits per heavy atom. The maximum atomic E-state index is 12.6. The highest BCUT2D eigenvalue weighted by Gasteiger charge is 2.32. The van der Waals surface area contributed by atoms with E-state index in [2.05, 4.69) is 19.0 Å². The first-order valence-electron chi connectivity index (χ1n) is 7.26. The zero-order valence-corrected chi connectivity index (χ0v) is 12.6. The number of hydrogen-bond acceptors (Lipinski definition) is 3. The summed E-state index contributed by atoms with van der Waals surface area (Å²) >= 11 is 0. The molecule has 1 amide bonds. The molecule has 1 saturated heterocycles. The van der Waals surface area contributed by atoms with Crippen LogP contribution in [0.15, 0.2) is 30.3 Å². The van der Waals surface area contributed by atoms with Gasteiger partial charge < -0.3 is 15.5 Å². The van der Waals surface area contributed by atoms with E-state index in [1.54, 1.807) is 0 Å². The highest BCUT2D eigenvalue weighted by molar-refractivity contribution is 5.79. The molecule has 1 fully saturated rings. The van der Waals surface area contributed by atoms with Gasteiger partial charge in [-0.1, -0.05) is 37.3 Å². The topological polar surface area (TPSA) is 49.6 Å². The van der Waals surface area contributed by atoms with Crippen LogP contribution in [0.1, 0.15) is 24.9 Å². The second-order valence-corrected chi connectivity index (χ2v) is 5.92. The van der Waals surface area contributed by atoms with Crippen molar-refractivity contribution in [2.75, 3.05) is 27.2 Å². The molecule has 1 aliphatic heterocycles. The normalized spacial score (nSPS) is 22.1. The van der Waals surface area contributed by atoms with Crippen LogP contribution in [-0.2, 0) is 4.79 Å². The Kier molecular flexibility index (Phi) is 4.78. The van der Waals surface area contributed by atoms with Crippen molar-refractivity contribution in [3.63, 3.8) is 0 Å². The van der Waals surface area contributed by atoms with Crippen molar-refractivity contribution >= 4 is 5.91 Å². The fourth-order valence-corrected chi connectivity index (χ4v) is 2.77. The predicted molar refractivity (Wildman–Crippen MR) is 81.2 cm³/mol. The molecule has 0 aliphatic carbocycles. The Labute approximate surface area is 121 Å². The van der Waals surface area contributed by atoms with E-state index in [4.69, 9.17) is 5.73 Å². The van der Waals surface area contributed by atoms with Crippen molar-refractivity contribution < 1.29 is 4.79 Å². The maximum Gasteiger partial charge on any atom is 0.227 e. The molecule has 0 aromatic heterocycles. The Morgan fingerprint density at radius 2 is 2.00 bits per heavy atom. The van der Waals surface area contributed by atoms with Gasteiger partial charge in [0.25, 0.3) is 0 Å². The molecule has 3 atom stereocenters. The minimum atomic E-state index is -0.234. The second kappa shape index (κ2) is 6.37. The van der Waals surface area contributed by atoms with Crippen molar-refractivity contribution in [2.24, 2.45) is 11.7 Å². The molecular weight excluding hydrogens is 250 g/mol. The van der Waals surface area contributed by atoms with Crippen LogP contribution >= 0.6 is 0 Å². The van der Waals surface area contributed by atoms with Crippen molar-refractivity contribution in [3.8, 4) is 0 Å². The van der Waals surface area contributed by atoms with E-state index in [1.165, 1.54) is 0 Å². The number of rotatable bonds is 4. The average molecular weight is 275 g/mol. The summed E-state index contributed by atoms with van der Waals surface area (Å²) in [6.45, 7) is 3.59. The third kappa shape index (κ3) is 3.19. The van der Waals surface area contributed by atoms with Crippen LogP contribution in [0, 0.1) is 5.92 Å². The Hall–Kier alpha value is -1.39. The molecule has 1 heterocycles. The minimum absolute atomic E-state index is 0.172. The van der Waals surface area contributed by atoms with Crippen LogP contribution in [0.2, 0.25) is 0 Å². The van der Waals surface area contributed by atoms with Crippen LogP contribution in [0.3, 0.4) is 0 Å². The highest BCUT2D eigenvalue weighted by Crippen LogP contribution is 2.23. The summed E-state index contributed by atoms with van der Waals surface area (Å²) in [5.74, 6) is -0.0102. The summed E-state index contributed by atoms with van der Waals surface area (Å²) in [5.41, 5.74) is 7.27. The molecule has 2 N–H and O–H groups in total. The minimum Gasteiger partial charge on any atom is -0.341 e. The quantitative estimate of drug-likeness (QED) is 0.905. The number of nitrogens with two attached hydrogens (primary N) is 1. The SMILES string of the molecule is CC(C(=O)N1CCC(N(C)C)C1)C(N)c1ccccc1. The summed E-state index contributed by atoms with van der Waals surface area (Å²) < 4.78 is 0. The molecule has 2 rings (SSSR count). The predicted octanol–water partition coefficient (Wildman–Crippen LogP) is 1.49. The lowest BCUT2D eigenvalue weighted by molar-refractivity contribution is -0.134. The first-order valence-corrected chi connectivity index (χ1v) is 7.26. The summed E-state index contributed by atoms with van der Waals surface area (Å²) in [7, 11) is 4.13. The van der Waals surface area contributed by atoms with Crippen LogP contribution in [0.4, 0.5) is 0 Å². The van der Waals surface area contributed by atoms with Gasteiger partial charge >= 0.3 is 0 Å². The van der Waals surface area contributed by atoms with E-state index < -0.39 is 0 Å². The third-order valence-electron chi connectivity index (χ3n) is 4.32. The molecule has 4 nitrogen and oxygen atoms in total. The molecule has 4 heteroatoms. The first-order chi connectivity index (χ1) is 9.50. The van der Waals surface area contributed by atoms with Crippen molar-refractivity contribution in [1.29, 1.82) is 0 Å². The van der Waals surface area contributed by atoms with Gasteiger partial charge in [0.05, 0.1) is 5.92 Å². The fraction of sp³-hybridized carbons (Fsp3) is 0.562. The zero-order valence-electron chi connectivity index (χ0n) is 12.6. The molecule has 0 bridgehead atoms. The Bertz CT molecular complexity index is 446. The molecule has 1 aromatic rings. The third-order valence-corrected chi connectivity index (χ3v) is 4.32. The van der Waals surface area contributed by atoms with E-state index in [0.717, 1.165) is 25.1 Å². The number of likely N-dealkylation sites (N-methyl/N-ethyl adjacent to an activating group) is 1. The van der Waals surface area contributed by atoms with Crippen LogP contribution in [0.25, 0.3) is 0 Å². The number of amides is 1. The fourth-order valence-electron chi connectivity index (χ4n) is 2.77. The molecule has 3 unspecified atom stereocenters. The van der Waals surface area contributed by atoms with E-state index in [-0.39, 0.29) is 17.9 Å². The molecule has 0 saturated carbocycles. The summed E-state index contributed by atoms with van der Waals surface area (Å²) in [5, 5.41) is 0. The molecule has 110 valence electrons. The summed E-state index contributed by atoms with van der Waals surface area (Å²) in [6, 6.07) is 10.1. The van der Waals surface area contributed by atoms with Gasteiger partial charge in [0.15, 0.2) is 0 Å². The largest absolute Gasteiger partial charge is 0.341 e. The van der Waals surface area contributed by atoms with Crippen LogP contribution < -0.4 is 5.73 Å². The zero-order chi connectivity index (χ0) is 14.7. The molecule has 1 aromatic carbocycles. The van der Waals surface area contributed by atoms with Gasteiger partial charge in [-0.2, -0.15) is 0 Å². The summed E-state index contributed by atoms with van der Waals surface area (Å²) in [4.78, 5) is 16.7. The number of hydrogen-bond donors (Lipinski definition) is 1. The number of carbonyl (C=O) groups is 1. The van der Waals surface area contributed by atoms with E-state index >= 15 is 0 Å². The van der Waals surface area contributed by atoms with Gasteiger partial charge in [-0.3, -0.25) is 4.79 Å². The summed E-state index contributed by atoms with van der Waals surface area (Å²) in [6.07, 6.45) is 1.05. The van der Waals surface area contributed by atoms with Crippen molar-refractivity contribution in [3.05, 3.63) is 35.9 Å². The van der Waals surface area contributed by atoms with E-state index in [1.807, 2.05) is 42.2 Å². The van der Waals surface area contributed by atoms with E-state index in [9.17, 15) is 4.79 Å². The second-order valence-electron chi connectivity index (χ2n) is 5.92. The van der Waals surface area contributed by atoms with Crippen molar-refractivity contribution in [1.82, 2.24) is 9.80 Å². The molecular formula is C16H25N3O. The number of carbonyl (C=O) groups excluding carboxylic acids is 1. The van der Waals surface area contributed by atoms with Crippen LogP contribution in [0.5, 0.6) is 0 Å². The maximum absolute atomic E-state index is 12.6. The molecule has 1 aliphatic rings. The Balaban J connectivity index is 1.99. The monoisotopic (exact) mass is 275 g/mol. The lowest BCUT2D eigenvalue weighted by Gasteiger charge is -2.26. The van der Waals surface area contributed by atoms with Gasteiger partial charge in [-0.05, 0) is 26.1 Å². The number of benzene rings is 1. The van der Waals surface area contributed by atoms with Gasteiger partial charge in [0.1, 0.15) is 0 Å². The van der Waals surface area contributed by atoms with Gasteiger partial charge in [-0.25, -0.2) is 0 Å². The van der Waals surface area contributed by atoms with E-state index in [0.29, 0.717) is 6.04 Å². The van der Waals surface area contributed by atoms with Crippen LogP contribution in [-0.4, -0.2) is 48.9 Å². The van der Waals surface area contributed by atoms with Gasteiger partial charge in [-0.15, -0.1) is 0 Å². The number of nitrogens with zero attached hydrogens (tertiary/aromatic N) is 2. The molecule has 20 heavy (non-hydrogen) atoms. The number of likely N-dealkylation sites (tertiary alicyclic amines) is 1. The lowest BCUT2D eigenvalue weighted by atomic mass is 9.94. The first kappa shape index (κ1) is 15.0. The van der Waals surface area contributed by atoms with Crippen molar-refractivity contribution in [2.45, 2.75) is 25.4 Å². The smallest absolute Gasteiger partial charge is 0.227 e. The molecule has 0 radical (unpaired) electrons. The standard InChI is InChI=1S/C16H25N3O/c1-12(15(17)13-7-5-4-6-8-13)16(20)19-10-9-14(11-19)18(2)3/h4-8,12,14-15H,9-11,17H2,1-3H3.